The molecule has 0 spiro atoms. The normalized spacial score (nSPS) is 16.5. The highest BCUT2D eigenvalue weighted by Gasteiger charge is 2.25. The van der Waals surface area contributed by atoms with Gasteiger partial charge in [-0.1, -0.05) is 18.2 Å². The summed E-state index contributed by atoms with van der Waals surface area (Å²) in [6.07, 6.45) is -0.208. The van der Waals surface area contributed by atoms with Gasteiger partial charge in [0.1, 0.15) is 5.60 Å². The van der Waals surface area contributed by atoms with E-state index in [0.717, 1.165) is 32.7 Å². The van der Waals surface area contributed by atoms with Crippen LogP contribution in [-0.2, 0) is 17.8 Å². The van der Waals surface area contributed by atoms with Crippen molar-refractivity contribution >= 4 is 6.09 Å². The van der Waals surface area contributed by atoms with Gasteiger partial charge < -0.3 is 15.4 Å². The van der Waals surface area contributed by atoms with Crippen molar-refractivity contribution in [3.8, 4) is 0 Å². The largest absolute Gasteiger partial charge is 0.444 e. The van der Waals surface area contributed by atoms with Crippen molar-refractivity contribution in [3.63, 3.8) is 0 Å². The van der Waals surface area contributed by atoms with Crippen LogP contribution in [-0.4, -0.2) is 47.7 Å². The predicted molar refractivity (Wildman–Crippen MR) is 92.2 cm³/mol. The highest BCUT2D eigenvalue weighted by atomic mass is 16.6. The van der Waals surface area contributed by atoms with Crippen LogP contribution in [0.4, 0.5) is 4.79 Å². The summed E-state index contributed by atoms with van der Waals surface area (Å²) in [5.74, 6) is 0. The Balaban J connectivity index is 1.86. The summed E-state index contributed by atoms with van der Waals surface area (Å²) in [6.45, 7) is 12.5. The Labute approximate surface area is 139 Å². The minimum atomic E-state index is -0.434. The zero-order valence-electron chi connectivity index (χ0n) is 14.8. The molecule has 0 aromatic heterocycles. The summed E-state index contributed by atoms with van der Waals surface area (Å²) in [4.78, 5) is 16.3. The maximum Gasteiger partial charge on any atom is 0.410 e. The number of hydrogen-bond acceptors (Lipinski definition) is 4. The lowest BCUT2D eigenvalue weighted by molar-refractivity contribution is 0.0139. The first-order valence-electron chi connectivity index (χ1n) is 8.27. The second-order valence-electron chi connectivity index (χ2n) is 7.21. The number of ether oxygens (including phenoxy) is 1. The highest BCUT2D eigenvalue weighted by molar-refractivity contribution is 5.68. The fourth-order valence-electron chi connectivity index (χ4n) is 2.72. The Hall–Kier alpha value is -1.59. The van der Waals surface area contributed by atoms with Gasteiger partial charge in [0.25, 0.3) is 0 Å². The maximum absolute atomic E-state index is 12.1. The number of piperazine rings is 1. The molecule has 1 aliphatic rings. The van der Waals surface area contributed by atoms with E-state index in [2.05, 4.69) is 30.0 Å². The van der Waals surface area contributed by atoms with E-state index in [9.17, 15) is 4.79 Å². The Morgan fingerprint density at radius 3 is 2.39 bits per heavy atom. The zero-order chi connectivity index (χ0) is 17.0. The van der Waals surface area contributed by atoms with Crippen LogP contribution in [0, 0.1) is 6.92 Å². The van der Waals surface area contributed by atoms with Gasteiger partial charge in [-0.15, -0.1) is 0 Å². The van der Waals surface area contributed by atoms with Crippen molar-refractivity contribution in [1.29, 1.82) is 0 Å². The van der Waals surface area contributed by atoms with E-state index in [-0.39, 0.29) is 6.09 Å². The molecule has 0 bridgehead atoms. The molecule has 23 heavy (non-hydrogen) atoms. The standard InChI is InChI=1S/C18H29N3O2/c1-14-11-15(12-19)5-6-16(14)13-20-7-9-21(10-8-20)17(22)23-18(2,3)4/h5-6,11H,7-10,12-13,19H2,1-4H3. The molecule has 5 heteroatoms. The van der Waals surface area contributed by atoms with E-state index >= 15 is 0 Å². The van der Waals surface area contributed by atoms with Crippen molar-refractivity contribution in [3.05, 3.63) is 34.9 Å². The molecule has 2 rings (SSSR count). The van der Waals surface area contributed by atoms with Crippen LogP contribution in [0.5, 0.6) is 0 Å². The van der Waals surface area contributed by atoms with Crippen molar-refractivity contribution in [2.24, 2.45) is 5.73 Å². The van der Waals surface area contributed by atoms with Gasteiger partial charge in [0.05, 0.1) is 0 Å². The first-order valence-corrected chi connectivity index (χ1v) is 8.27. The lowest BCUT2D eigenvalue weighted by Crippen LogP contribution is -2.49. The van der Waals surface area contributed by atoms with E-state index in [4.69, 9.17) is 10.5 Å². The molecule has 128 valence electrons. The van der Waals surface area contributed by atoms with Crippen molar-refractivity contribution in [2.45, 2.75) is 46.4 Å². The second-order valence-corrected chi connectivity index (χ2v) is 7.21. The topological polar surface area (TPSA) is 58.8 Å². The van der Waals surface area contributed by atoms with Crippen molar-refractivity contribution in [2.75, 3.05) is 26.2 Å². The van der Waals surface area contributed by atoms with Gasteiger partial charge >= 0.3 is 6.09 Å². The average molecular weight is 319 g/mol. The van der Waals surface area contributed by atoms with Crippen LogP contribution >= 0.6 is 0 Å². The molecule has 1 aliphatic heterocycles. The fourth-order valence-corrected chi connectivity index (χ4v) is 2.72. The molecule has 1 fully saturated rings. The third kappa shape index (κ3) is 5.22. The van der Waals surface area contributed by atoms with Gasteiger partial charge in [-0.05, 0) is 44.4 Å². The summed E-state index contributed by atoms with van der Waals surface area (Å²) in [6, 6.07) is 6.42. The van der Waals surface area contributed by atoms with Gasteiger partial charge in [0.15, 0.2) is 0 Å². The van der Waals surface area contributed by atoms with Crippen molar-refractivity contribution < 1.29 is 9.53 Å². The molecule has 1 heterocycles. The molecular formula is C18H29N3O2. The third-order valence-electron chi connectivity index (χ3n) is 4.06. The second kappa shape index (κ2) is 7.32. The number of carbonyl (C=O) groups excluding carboxylic acids is 1. The molecule has 1 aromatic carbocycles. The van der Waals surface area contributed by atoms with E-state index in [0.29, 0.717) is 6.54 Å². The molecule has 0 unspecified atom stereocenters. The van der Waals surface area contributed by atoms with Gasteiger partial charge in [0, 0.05) is 39.3 Å². The number of aryl methyl sites for hydroxylation is 1. The number of benzene rings is 1. The number of hydrogen-bond donors (Lipinski definition) is 1. The van der Waals surface area contributed by atoms with Crippen molar-refractivity contribution in [1.82, 2.24) is 9.80 Å². The van der Waals surface area contributed by atoms with Crippen LogP contribution in [0.2, 0.25) is 0 Å². The maximum atomic E-state index is 12.1. The van der Waals surface area contributed by atoms with Gasteiger partial charge in [-0.2, -0.15) is 0 Å². The lowest BCUT2D eigenvalue weighted by atomic mass is 10.0. The number of carbonyl (C=O) groups is 1. The molecule has 0 saturated carbocycles. The van der Waals surface area contributed by atoms with Gasteiger partial charge in [0.2, 0.25) is 0 Å². The molecule has 5 nitrogen and oxygen atoms in total. The minimum absolute atomic E-state index is 0.208. The predicted octanol–water partition coefficient (Wildman–Crippen LogP) is 2.51. The van der Waals surface area contributed by atoms with Crippen LogP contribution in [0.15, 0.2) is 18.2 Å². The molecule has 0 aliphatic carbocycles. The van der Waals surface area contributed by atoms with E-state index in [1.54, 1.807) is 4.90 Å². The zero-order valence-corrected chi connectivity index (χ0v) is 14.8. The molecular weight excluding hydrogens is 290 g/mol. The fraction of sp³-hybridized carbons (Fsp3) is 0.611. The summed E-state index contributed by atoms with van der Waals surface area (Å²) >= 11 is 0. The minimum Gasteiger partial charge on any atom is -0.444 e. The van der Waals surface area contributed by atoms with E-state index in [1.807, 2.05) is 20.8 Å². The molecule has 1 amide bonds. The summed E-state index contributed by atoms with van der Waals surface area (Å²) in [7, 11) is 0. The first-order chi connectivity index (χ1) is 10.8. The molecule has 0 atom stereocenters. The highest BCUT2D eigenvalue weighted by Crippen LogP contribution is 2.16. The Bertz CT molecular complexity index is 544. The molecule has 0 radical (unpaired) electrons. The average Bonchev–Trinajstić information content (AvgIpc) is 2.48. The SMILES string of the molecule is Cc1cc(CN)ccc1CN1CCN(C(=O)OC(C)(C)C)CC1. The Morgan fingerprint density at radius 1 is 1.22 bits per heavy atom. The third-order valence-corrected chi connectivity index (χ3v) is 4.06. The quantitative estimate of drug-likeness (QED) is 0.930. The van der Waals surface area contributed by atoms with Gasteiger partial charge in [-0.3, -0.25) is 4.90 Å². The van der Waals surface area contributed by atoms with Crippen LogP contribution in [0.1, 0.15) is 37.5 Å². The smallest absolute Gasteiger partial charge is 0.410 e. The summed E-state index contributed by atoms with van der Waals surface area (Å²) in [5.41, 5.74) is 9.02. The van der Waals surface area contributed by atoms with E-state index < -0.39 is 5.60 Å². The van der Waals surface area contributed by atoms with Gasteiger partial charge in [-0.25, -0.2) is 4.79 Å². The van der Waals surface area contributed by atoms with Crippen LogP contribution < -0.4 is 5.73 Å². The number of nitrogens with zero attached hydrogens (tertiary/aromatic N) is 2. The molecule has 1 saturated heterocycles. The molecule has 1 aromatic rings. The Kier molecular flexibility index (Phi) is 5.65. The van der Waals surface area contributed by atoms with Crippen LogP contribution in [0.3, 0.4) is 0 Å². The lowest BCUT2D eigenvalue weighted by Gasteiger charge is -2.35. The first kappa shape index (κ1) is 17.8. The summed E-state index contributed by atoms with van der Waals surface area (Å²) < 4.78 is 5.43. The number of rotatable bonds is 3. The number of amides is 1. The molecule has 2 N–H and O–H groups in total. The number of nitrogens with two attached hydrogens (primary N) is 1. The Morgan fingerprint density at radius 2 is 1.87 bits per heavy atom. The van der Waals surface area contributed by atoms with E-state index in [1.165, 1.54) is 16.7 Å². The summed E-state index contributed by atoms with van der Waals surface area (Å²) in [5, 5.41) is 0. The monoisotopic (exact) mass is 319 g/mol. The van der Waals surface area contributed by atoms with Crippen LogP contribution in [0.25, 0.3) is 0 Å².